The fourth-order valence-electron chi connectivity index (χ4n) is 2.64. The lowest BCUT2D eigenvalue weighted by molar-refractivity contribution is 0.390. The number of benzene rings is 2. The first kappa shape index (κ1) is 17.9. The Hall–Kier alpha value is -1.91. The summed E-state index contributed by atoms with van der Waals surface area (Å²) in [7, 11) is 0. The average molecular weight is 375 g/mol. The van der Waals surface area contributed by atoms with E-state index >= 15 is 0 Å². The van der Waals surface area contributed by atoms with E-state index in [1.54, 1.807) is 11.3 Å². The highest BCUT2D eigenvalue weighted by atomic mass is 35.5. The van der Waals surface area contributed by atoms with E-state index in [9.17, 15) is 4.39 Å². The van der Waals surface area contributed by atoms with E-state index in [-0.39, 0.29) is 11.4 Å². The Morgan fingerprint density at radius 3 is 2.28 bits per heavy atom. The third-order valence-corrected chi connectivity index (χ3v) is 4.94. The van der Waals surface area contributed by atoms with Gasteiger partial charge in [0.1, 0.15) is 5.82 Å². The smallest absolute Gasteiger partial charge is 0.186 e. The van der Waals surface area contributed by atoms with Gasteiger partial charge in [-0.3, -0.25) is 4.99 Å². The van der Waals surface area contributed by atoms with Crippen molar-refractivity contribution < 1.29 is 4.39 Å². The molecule has 0 unspecified atom stereocenters. The third kappa shape index (κ3) is 4.20. The molecular weight excluding hydrogens is 355 g/mol. The van der Waals surface area contributed by atoms with Crippen LogP contribution in [0.5, 0.6) is 0 Å². The van der Waals surface area contributed by atoms with Gasteiger partial charge >= 0.3 is 0 Å². The van der Waals surface area contributed by atoms with Crippen molar-refractivity contribution in [1.82, 2.24) is 4.57 Å². The van der Waals surface area contributed by atoms with Gasteiger partial charge in [0.15, 0.2) is 4.80 Å². The van der Waals surface area contributed by atoms with Crippen molar-refractivity contribution in [3.63, 3.8) is 0 Å². The maximum absolute atomic E-state index is 13.2. The first-order chi connectivity index (χ1) is 11.8. The first-order valence-electron chi connectivity index (χ1n) is 8.06. The molecule has 3 rings (SSSR count). The van der Waals surface area contributed by atoms with Crippen molar-refractivity contribution in [2.75, 3.05) is 0 Å². The molecule has 0 amide bonds. The molecule has 0 radical (unpaired) electrons. The number of hydrogen-bond acceptors (Lipinski definition) is 2. The second-order valence-electron chi connectivity index (χ2n) is 6.86. The maximum atomic E-state index is 13.2. The number of halogens is 2. The Labute approximate surface area is 156 Å². The summed E-state index contributed by atoms with van der Waals surface area (Å²) in [5.41, 5.74) is 3.01. The largest absolute Gasteiger partial charge is 0.311 e. The van der Waals surface area contributed by atoms with E-state index in [2.05, 4.69) is 30.7 Å². The zero-order valence-electron chi connectivity index (χ0n) is 14.5. The highest BCUT2D eigenvalue weighted by Gasteiger charge is 2.19. The summed E-state index contributed by atoms with van der Waals surface area (Å²) in [6, 6.07) is 14.3. The molecular formula is C20H20ClFN2S. The van der Waals surface area contributed by atoms with Crippen molar-refractivity contribution >= 4 is 22.9 Å². The summed E-state index contributed by atoms with van der Waals surface area (Å²) in [4.78, 5) is 5.75. The molecule has 0 fully saturated rings. The van der Waals surface area contributed by atoms with Crippen LogP contribution in [0.1, 0.15) is 26.3 Å². The molecule has 1 aromatic heterocycles. The highest BCUT2D eigenvalue weighted by molar-refractivity contribution is 7.07. The molecule has 0 saturated heterocycles. The molecule has 5 heteroatoms. The van der Waals surface area contributed by atoms with Gasteiger partial charge in [-0.15, -0.1) is 11.3 Å². The van der Waals surface area contributed by atoms with Gasteiger partial charge in [0.05, 0.1) is 12.2 Å². The van der Waals surface area contributed by atoms with Gasteiger partial charge in [-0.2, -0.15) is 0 Å². The molecule has 0 aliphatic heterocycles. The molecule has 0 atom stereocenters. The molecule has 0 N–H and O–H groups in total. The SMILES string of the molecule is CC(C)(C)n1c(-c2ccc(F)cc2)csc1=NCc1ccc(Cl)cc1. The van der Waals surface area contributed by atoms with Crippen LogP contribution >= 0.6 is 22.9 Å². The molecule has 2 aromatic carbocycles. The molecule has 0 aliphatic carbocycles. The average Bonchev–Trinajstić information content (AvgIpc) is 2.99. The van der Waals surface area contributed by atoms with E-state index in [4.69, 9.17) is 16.6 Å². The predicted molar refractivity (Wildman–Crippen MR) is 103 cm³/mol. The van der Waals surface area contributed by atoms with Crippen molar-refractivity contribution in [2.24, 2.45) is 4.99 Å². The molecule has 1 heterocycles. The van der Waals surface area contributed by atoms with Gasteiger partial charge in [0.2, 0.25) is 0 Å². The van der Waals surface area contributed by atoms with E-state index in [0.29, 0.717) is 6.54 Å². The van der Waals surface area contributed by atoms with Crippen LogP contribution in [-0.4, -0.2) is 4.57 Å². The lowest BCUT2D eigenvalue weighted by Gasteiger charge is -2.24. The van der Waals surface area contributed by atoms with Gasteiger partial charge < -0.3 is 4.57 Å². The van der Waals surface area contributed by atoms with Crippen molar-refractivity contribution in [3.8, 4) is 11.3 Å². The summed E-state index contributed by atoms with van der Waals surface area (Å²) in [6.45, 7) is 7.03. The normalized spacial score (nSPS) is 12.6. The predicted octanol–water partition coefficient (Wildman–Crippen LogP) is 5.87. The van der Waals surface area contributed by atoms with Crippen molar-refractivity contribution in [3.05, 3.63) is 75.1 Å². The lowest BCUT2D eigenvalue weighted by Crippen LogP contribution is -2.31. The Bertz CT molecular complexity index is 916. The quantitative estimate of drug-likeness (QED) is 0.546. The van der Waals surface area contributed by atoms with Crippen LogP contribution < -0.4 is 4.80 Å². The molecule has 0 saturated carbocycles. The number of thiazole rings is 1. The summed E-state index contributed by atoms with van der Waals surface area (Å²) >= 11 is 7.54. The molecule has 25 heavy (non-hydrogen) atoms. The lowest BCUT2D eigenvalue weighted by atomic mass is 10.1. The minimum absolute atomic E-state index is 0.136. The van der Waals surface area contributed by atoms with Crippen LogP contribution in [0.2, 0.25) is 5.02 Å². The van der Waals surface area contributed by atoms with Crippen LogP contribution in [0.4, 0.5) is 4.39 Å². The second-order valence-corrected chi connectivity index (χ2v) is 8.13. The summed E-state index contributed by atoms with van der Waals surface area (Å²) in [5, 5.41) is 2.81. The maximum Gasteiger partial charge on any atom is 0.186 e. The molecule has 2 nitrogen and oxygen atoms in total. The van der Waals surface area contributed by atoms with E-state index in [1.807, 2.05) is 36.4 Å². The Morgan fingerprint density at radius 1 is 1.04 bits per heavy atom. The van der Waals surface area contributed by atoms with Crippen molar-refractivity contribution in [2.45, 2.75) is 32.9 Å². The van der Waals surface area contributed by atoms with Gasteiger partial charge in [0.25, 0.3) is 0 Å². The Balaban J connectivity index is 2.03. The number of aromatic nitrogens is 1. The molecule has 130 valence electrons. The van der Waals surface area contributed by atoms with Crippen LogP contribution in [0.15, 0.2) is 58.9 Å². The van der Waals surface area contributed by atoms with Gasteiger partial charge in [0, 0.05) is 15.9 Å². The monoisotopic (exact) mass is 374 g/mol. The van der Waals surface area contributed by atoms with Gasteiger partial charge in [-0.1, -0.05) is 23.7 Å². The summed E-state index contributed by atoms with van der Waals surface area (Å²) in [6.07, 6.45) is 0. The van der Waals surface area contributed by atoms with Crippen LogP contribution in [0.25, 0.3) is 11.3 Å². The van der Waals surface area contributed by atoms with E-state index < -0.39 is 0 Å². The Morgan fingerprint density at radius 2 is 1.68 bits per heavy atom. The molecule has 3 aromatic rings. The van der Waals surface area contributed by atoms with E-state index in [0.717, 1.165) is 26.6 Å². The van der Waals surface area contributed by atoms with Gasteiger partial charge in [-0.25, -0.2) is 4.39 Å². The fourth-order valence-corrected chi connectivity index (χ4v) is 3.84. The summed E-state index contributed by atoms with van der Waals surface area (Å²) in [5.74, 6) is -0.228. The Kier molecular flexibility index (Phi) is 5.11. The molecule has 0 aliphatic rings. The third-order valence-electron chi connectivity index (χ3n) is 3.83. The highest BCUT2D eigenvalue weighted by Crippen LogP contribution is 2.26. The molecule has 0 bridgehead atoms. The summed E-state index contributed by atoms with van der Waals surface area (Å²) < 4.78 is 15.5. The first-order valence-corrected chi connectivity index (χ1v) is 9.32. The zero-order valence-corrected chi connectivity index (χ0v) is 16.0. The fraction of sp³-hybridized carbons (Fsp3) is 0.250. The second kappa shape index (κ2) is 7.14. The molecule has 0 spiro atoms. The standard InChI is InChI=1S/C20H20ClFN2S/c1-20(2,3)24-18(15-6-10-17(22)11-7-15)13-25-19(24)23-12-14-4-8-16(21)9-5-14/h4-11,13H,12H2,1-3H3. The van der Waals surface area contributed by atoms with E-state index in [1.165, 1.54) is 12.1 Å². The topological polar surface area (TPSA) is 17.3 Å². The minimum atomic E-state index is -0.228. The van der Waals surface area contributed by atoms with Gasteiger partial charge in [-0.05, 0) is 68.3 Å². The number of rotatable bonds is 3. The van der Waals surface area contributed by atoms with Crippen LogP contribution in [0, 0.1) is 5.82 Å². The number of hydrogen-bond donors (Lipinski definition) is 0. The van der Waals surface area contributed by atoms with Crippen LogP contribution in [-0.2, 0) is 12.1 Å². The zero-order chi connectivity index (χ0) is 18.0. The van der Waals surface area contributed by atoms with Crippen LogP contribution in [0.3, 0.4) is 0 Å². The van der Waals surface area contributed by atoms with Crippen molar-refractivity contribution in [1.29, 1.82) is 0 Å². The number of nitrogens with zero attached hydrogens (tertiary/aromatic N) is 2. The minimum Gasteiger partial charge on any atom is -0.311 e.